The summed E-state index contributed by atoms with van der Waals surface area (Å²) in [5.74, 6) is 0.952. The van der Waals surface area contributed by atoms with Gasteiger partial charge in [-0.3, -0.25) is 4.90 Å². The number of halogens is 1. The van der Waals surface area contributed by atoms with Gasteiger partial charge >= 0.3 is 0 Å². The fraction of sp³-hybridized carbons (Fsp3) is 1.00. The van der Waals surface area contributed by atoms with E-state index in [1.165, 1.54) is 0 Å². The molecule has 5 nitrogen and oxygen atoms in total. The molecule has 1 fully saturated rings. The number of nitrogens with zero attached hydrogens (tertiary/aromatic N) is 1. The maximum Gasteiger partial charge on any atom is 0.211 e. The van der Waals surface area contributed by atoms with Crippen LogP contribution >= 0.6 is 11.6 Å². The first-order valence-electron chi connectivity index (χ1n) is 7.69. The second kappa shape index (κ2) is 9.30. The minimum Gasteiger partial charge on any atom is -0.379 e. The summed E-state index contributed by atoms with van der Waals surface area (Å²) in [6.45, 7) is 9.84. The van der Waals surface area contributed by atoms with E-state index >= 15 is 0 Å². The summed E-state index contributed by atoms with van der Waals surface area (Å²) in [4.78, 5) is 2.33. The lowest BCUT2D eigenvalue weighted by Crippen LogP contribution is -2.49. The fourth-order valence-electron chi connectivity index (χ4n) is 2.55. The highest BCUT2D eigenvalue weighted by Crippen LogP contribution is 2.13. The van der Waals surface area contributed by atoms with Crippen LogP contribution in [0.2, 0.25) is 0 Å². The van der Waals surface area contributed by atoms with Gasteiger partial charge in [-0.15, -0.1) is 11.6 Å². The van der Waals surface area contributed by atoms with Crippen molar-refractivity contribution in [3.05, 3.63) is 0 Å². The molecule has 1 rings (SSSR count). The van der Waals surface area contributed by atoms with Crippen molar-refractivity contribution in [2.45, 2.75) is 33.2 Å². The maximum atomic E-state index is 12.1. The first-order chi connectivity index (χ1) is 9.84. The van der Waals surface area contributed by atoms with Gasteiger partial charge in [-0.25, -0.2) is 13.1 Å². The van der Waals surface area contributed by atoms with Crippen molar-refractivity contribution in [2.24, 2.45) is 11.8 Å². The largest absolute Gasteiger partial charge is 0.379 e. The van der Waals surface area contributed by atoms with E-state index < -0.39 is 10.0 Å². The number of ether oxygens (including phenoxy) is 1. The van der Waals surface area contributed by atoms with Gasteiger partial charge in [0, 0.05) is 31.6 Å². The van der Waals surface area contributed by atoms with E-state index in [0.717, 1.165) is 32.7 Å². The van der Waals surface area contributed by atoms with Gasteiger partial charge in [0.2, 0.25) is 10.0 Å². The average Bonchev–Trinajstić information content (AvgIpc) is 2.43. The van der Waals surface area contributed by atoms with Crippen LogP contribution in [0.25, 0.3) is 0 Å². The summed E-state index contributed by atoms with van der Waals surface area (Å²) in [6, 6.07) is 0.231. The van der Waals surface area contributed by atoms with Gasteiger partial charge in [-0.1, -0.05) is 20.8 Å². The Kier molecular flexibility index (Phi) is 8.49. The smallest absolute Gasteiger partial charge is 0.211 e. The van der Waals surface area contributed by atoms with E-state index in [0.29, 0.717) is 18.3 Å². The van der Waals surface area contributed by atoms with Crippen molar-refractivity contribution >= 4 is 21.6 Å². The summed E-state index contributed by atoms with van der Waals surface area (Å²) in [5.41, 5.74) is 0. The lowest BCUT2D eigenvalue weighted by atomic mass is 10.0. The van der Waals surface area contributed by atoms with Crippen molar-refractivity contribution in [3.63, 3.8) is 0 Å². The third kappa shape index (κ3) is 7.79. The summed E-state index contributed by atoms with van der Waals surface area (Å²) in [6.07, 6.45) is 0.980. The zero-order valence-corrected chi connectivity index (χ0v) is 14.9. The summed E-state index contributed by atoms with van der Waals surface area (Å²) in [7, 11) is -3.25. The second-order valence-corrected chi connectivity index (χ2v) is 8.48. The molecule has 0 amide bonds. The standard InChI is InChI=1S/C14H29ClN2O3S/c1-12(2)8-14(17-4-6-20-7-5-17)10-16-21(18,19)11-13(3)9-15/h12-14,16H,4-11H2,1-3H3. The molecule has 1 heterocycles. The van der Waals surface area contributed by atoms with Crippen LogP contribution in [0.15, 0.2) is 0 Å². The molecule has 7 heteroatoms. The predicted molar refractivity (Wildman–Crippen MR) is 87.3 cm³/mol. The van der Waals surface area contributed by atoms with Gasteiger partial charge in [-0.2, -0.15) is 0 Å². The number of nitrogens with one attached hydrogen (secondary N) is 1. The Labute approximate surface area is 134 Å². The van der Waals surface area contributed by atoms with Crippen molar-refractivity contribution in [1.29, 1.82) is 0 Å². The highest BCUT2D eigenvalue weighted by atomic mass is 35.5. The fourth-order valence-corrected chi connectivity index (χ4v) is 4.22. The van der Waals surface area contributed by atoms with Crippen LogP contribution in [-0.4, -0.2) is 63.8 Å². The normalized spacial score (nSPS) is 20.6. The number of rotatable bonds is 9. The Morgan fingerprint density at radius 3 is 2.38 bits per heavy atom. The first-order valence-corrected chi connectivity index (χ1v) is 9.88. The Morgan fingerprint density at radius 2 is 1.86 bits per heavy atom. The van der Waals surface area contributed by atoms with E-state index in [4.69, 9.17) is 16.3 Å². The minimum atomic E-state index is -3.25. The number of sulfonamides is 1. The van der Waals surface area contributed by atoms with Crippen LogP contribution in [0.1, 0.15) is 27.2 Å². The third-order valence-corrected chi connectivity index (χ3v) is 5.75. The van der Waals surface area contributed by atoms with Crippen molar-refractivity contribution < 1.29 is 13.2 Å². The van der Waals surface area contributed by atoms with Crippen molar-refractivity contribution in [3.8, 4) is 0 Å². The molecule has 0 aromatic carbocycles. The molecule has 0 saturated carbocycles. The SMILES string of the molecule is CC(C)CC(CNS(=O)(=O)CC(C)CCl)N1CCOCC1. The van der Waals surface area contributed by atoms with Gasteiger partial charge in [-0.05, 0) is 18.3 Å². The van der Waals surface area contributed by atoms with E-state index in [2.05, 4.69) is 23.5 Å². The van der Waals surface area contributed by atoms with Crippen LogP contribution in [0, 0.1) is 11.8 Å². The molecule has 1 saturated heterocycles. The number of morpholine rings is 1. The molecule has 0 radical (unpaired) electrons. The summed E-state index contributed by atoms with van der Waals surface area (Å²) >= 11 is 5.70. The van der Waals surface area contributed by atoms with Crippen LogP contribution in [-0.2, 0) is 14.8 Å². The molecular formula is C14H29ClN2O3S. The predicted octanol–water partition coefficient (Wildman–Crippen LogP) is 1.53. The molecule has 0 aliphatic carbocycles. The van der Waals surface area contributed by atoms with Gasteiger partial charge < -0.3 is 4.74 Å². The number of hydrogen-bond donors (Lipinski definition) is 1. The summed E-state index contributed by atoms with van der Waals surface area (Å²) < 4.78 is 32.3. The molecule has 0 spiro atoms. The van der Waals surface area contributed by atoms with Crippen LogP contribution < -0.4 is 4.72 Å². The monoisotopic (exact) mass is 340 g/mol. The number of alkyl halides is 1. The molecule has 1 aliphatic heterocycles. The van der Waals surface area contributed by atoms with Gasteiger partial charge in [0.25, 0.3) is 0 Å². The van der Waals surface area contributed by atoms with Gasteiger partial charge in [0.05, 0.1) is 19.0 Å². The molecular weight excluding hydrogens is 312 g/mol. The highest BCUT2D eigenvalue weighted by Gasteiger charge is 2.24. The summed E-state index contributed by atoms with van der Waals surface area (Å²) in [5, 5.41) is 0. The molecule has 0 aromatic heterocycles. The Morgan fingerprint density at radius 1 is 1.24 bits per heavy atom. The Bertz CT molecular complexity index is 384. The minimum absolute atomic E-state index is 0.0314. The lowest BCUT2D eigenvalue weighted by molar-refractivity contribution is 0.0134. The Balaban J connectivity index is 2.55. The molecule has 21 heavy (non-hydrogen) atoms. The molecule has 1 aliphatic rings. The van der Waals surface area contributed by atoms with E-state index in [1.807, 2.05) is 6.92 Å². The number of hydrogen-bond acceptors (Lipinski definition) is 4. The van der Waals surface area contributed by atoms with E-state index in [1.54, 1.807) is 0 Å². The van der Waals surface area contributed by atoms with Crippen molar-refractivity contribution in [2.75, 3.05) is 44.5 Å². The molecule has 126 valence electrons. The van der Waals surface area contributed by atoms with Crippen LogP contribution in [0.4, 0.5) is 0 Å². The maximum absolute atomic E-state index is 12.1. The molecule has 0 aromatic rings. The zero-order valence-electron chi connectivity index (χ0n) is 13.3. The zero-order chi connectivity index (χ0) is 15.9. The van der Waals surface area contributed by atoms with Gasteiger partial charge in [0.1, 0.15) is 0 Å². The quantitative estimate of drug-likeness (QED) is 0.647. The highest BCUT2D eigenvalue weighted by molar-refractivity contribution is 7.89. The van der Waals surface area contributed by atoms with Crippen LogP contribution in [0.5, 0.6) is 0 Å². The Hall–Kier alpha value is 0.120. The topological polar surface area (TPSA) is 58.6 Å². The first kappa shape index (κ1) is 19.2. The average molecular weight is 341 g/mol. The molecule has 0 bridgehead atoms. The van der Waals surface area contributed by atoms with E-state index in [-0.39, 0.29) is 17.7 Å². The van der Waals surface area contributed by atoms with E-state index in [9.17, 15) is 8.42 Å². The van der Waals surface area contributed by atoms with Crippen LogP contribution in [0.3, 0.4) is 0 Å². The third-order valence-electron chi connectivity index (χ3n) is 3.61. The molecule has 2 unspecified atom stereocenters. The molecule has 1 N–H and O–H groups in total. The lowest BCUT2D eigenvalue weighted by Gasteiger charge is -2.35. The van der Waals surface area contributed by atoms with Crippen molar-refractivity contribution in [1.82, 2.24) is 9.62 Å². The second-order valence-electron chi connectivity index (χ2n) is 6.32. The molecule has 2 atom stereocenters. The van der Waals surface area contributed by atoms with Gasteiger partial charge in [0.15, 0.2) is 0 Å².